The summed E-state index contributed by atoms with van der Waals surface area (Å²) >= 11 is 0. The molecule has 1 aromatic rings. The number of carbonyl (C=O) groups is 1. The fourth-order valence-electron chi connectivity index (χ4n) is 1.10. The van der Waals surface area contributed by atoms with Crippen LogP contribution in [0, 0.1) is 0 Å². The molecule has 0 amide bonds. The number of aryl methyl sites for hydroxylation is 1. The standard InChI is InChI=1S/C8H14N4O2/c1-3-12-7(10-5-11-12)6(9)8(13)14-4-2/h5-6H,3-4,9H2,1-2H3. The zero-order valence-corrected chi connectivity index (χ0v) is 8.30. The SMILES string of the molecule is CCOC(=O)C(N)c1ncnn1CC. The molecule has 1 heterocycles. The molecule has 0 saturated heterocycles. The maximum absolute atomic E-state index is 11.3. The van der Waals surface area contributed by atoms with Crippen LogP contribution in [0.15, 0.2) is 6.33 Å². The Bertz CT molecular complexity index is 310. The molecule has 1 atom stereocenters. The highest BCUT2D eigenvalue weighted by molar-refractivity contribution is 5.76. The largest absolute Gasteiger partial charge is 0.464 e. The Morgan fingerprint density at radius 1 is 1.71 bits per heavy atom. The van der Waals surface area contributed by atoms with E-state index in [-0.39, 0.29) is 0 Å². The molecule has 1 aromatic heterocycles. The topological polar surface area (TPSA) is 83.0 Å². The second-order valence-electron chi connectivity index (χ2n) is 2.66. The van der Waals surface area contributed by atoms with Gasteiger partial charge in [0, 0.05) is 6.54 Å². The van der Waals surface area contributed by atoms with Gasteiger partial charge in [-0.2, -0.15) is 5.10 Å². The van der Waals surface area contributed by atoms with Crippen molar-refractivity contribution in [2.75, 3.05) is 6.61 Å². The van der Waals surface area contributed by atoms with Crippen LogP contribution in [0.1, 0.15) is 25.7 Å². The van der Waals surface area contributed by atoms with E-state index >= 15 is 0 Å². The third kappa shape index (κ3) is 2.08. The summed E-state index contributed by atoms with van der Waals surface area (Å²) in [6.45, 7) is 4.57. The molecule has 0 aromatic carbocycles. The summed E-state index contributed by atoms with van der Waals surface area (Å²) in [6, 6.07) is -0.850. The van der Waals surface area contributed by atoms with Crippen LogP contribution >= 0.6 is 0 Å². The van der Waals surface area contributed by atoms with Crippen LogP contribution in [0.2, 0.25) is 0 Å². The van der Waals surface area contributed by atoms with Gasteiger partial charge in [-0.05, 0) is 13.8 Å². The van der Waals surface area contributed by atoms with Crippen molar-refractivity contribution in [3.63, 3.8) is 0 Å². The highest BCUT2D eigenvalue weighted by Crippen LogP contribution is 2.07. The van der Waals surface area contributed by atoms with Crippen LogP contribution in [0.25, 0.3) is 0 Å². The van der Waals surface area contributed by atoms with Crippen molar-refractivity contribution < 1.29 is 9.53 Å². The number of aromatic nitrogens is 3. The zero-order valence-electron chi connectivity index (χ0n) is 8.30. The van der Waals surface area contributed by atoms with E-state index in [1.807, 2.05) is 6.92 Å². The molecule has 6 heteroatoms. The van der Waals surface area contributed by atoms with Crippen LogP contribution in [0.4, 0.5) is 0 Å². The number of ether oxygens (including phenoxy) is 1. The lowest BCUT2D eigenvalue weighted by Gasteiger charge is -2.10. The van der Waals surface area contributed by atoms with Gasteiger partial charge >= 0.3 is 5.97 Å². The smallest absolute Gasteiger partial charge is 0.330 e. The molecule has 6 nitrogen and oxygen atoms in total. The highest BCUT2D eigenvalue weighted by atomic mass is 16.5. The van der Waals surface area contributed by atoms with Crippen molar-refractivity contribution in [2.45, 2.75) is 26.4 Å². The predicted molar refractivity (Wildman–Crippen MR) is 49.3 cm³/mol. The Kier molecular flexibility index (Phi) is 3.58. The molecule has 1 unspecified atom stereocenters. The minimum atomic E-state index is -0.850. The van der Waals surface area contributed by atoms with Gasteiger partial charge in [-0.15, -0.1) is 0 Å². The van der Waals surface area contributed by atoms with E-state index in [2.05, 4.69) is 10.1 Å². The van der Waals surface area contributed by atoms with Crippen LogP contribution in [-0.2, 0) is 16.1 Å². The number of nitrogens with two attached hydrogens (primary N) is 1. The predicted octanol–water partition coefficient (Wildman–Crippen LogP) is -0.139. The average Bonchev–Trinajstić information content (AvgIpc) is 2.64. The highest BCUT2D eigenvalue weighted by Gasteiger charge is 2.21. The van der Waals surface area contributed by atoms with Crippen LogP contribution in [0.5, 0.6) is 0 Å². The quantitative estimate of drug-likeness (QED) is 0.681. The summed E-state index contributed by atoms with van der Waals surface area (Å²) < 4.78 is 6.35. The molecule has 0 fully saturated rings. The van der Waals surface area contributed by atoms with Gasteiger partial charge in [-0.1, -0.05) is 0 Å². The van der Waals surface area contributed by atoms with Crippen molar-refractivity contribution in [3.8, 4) is 0 Å². The van der Waals surface area contributed by atoms with E-state index in [0.717, 1.165) is 0 Å². The Labute approximate surface area is 82.1 Å². The maximum atomic E-state index is 11.3. The van der Waals surface area contributed by atoms with E-state index in [1.165, 1.54) is 6.33 Å². The van der Waals surface area contributed by atoms with Gasteiger partial charge in [-0.25, -0.2) is 14.5 Å². The molecular formula is C8H14N4O2. The first-order chi connectivity index (χ1) is 6.70. The van der Waals surface area contributed by atoms with Crippen molar-refractivity contribution in [1.82, 2.24) is 14.8 Å². The zero-order chi connectivity index (χ0) is 10.6. The molecule has 1 rings (SSSR count). The van der Waals surface area contributed by atoms with Crippen molar-refractivity contribution in [1.29, 1.82) is 0 Å². The molecule has 78 valence electrons. The Morgan fingerprint density at radius 2 is 2.43 bits per heavy atom. The summed E-state index contributed by atoms with van der Waals surface area (Å²) in [4.78, 5) is 15.2. The molecule has 0 spiro atoms. The molecule has 2 N–H and O–H groups in total. The number of esters is 1. The molecular weight excluding hydrogens is 184 g/mol. The average molecular weight is 198 g/mol. The maximum Gasteiger partial charge on any atom is 0.330 e. The molecule has 0 saturated carbocycles. The number of nitrogens with zero attached hydrogens (tertiary/aromatic N) is 3. The minimum Gasteiger partial charge on any atom is -0.464 e. The fourth-order valence-corrected chi connectivity index (χ4v) is 1.10. The molecule has 0 radical (unpaired) electrons. The van der Waals surface area contributed by atoms with Gasteiger partial charge in [0.2, 0.25) is 0 Å². The van der Waals surface area contributed by atoms with Crippen molar-refractivity contribution in [3.05, 3.63) is 12.2 Å². The lowest BCUT2D eigenvalue weighted by molar-refractivity contribution is -0.145. The molecule has 0 aliphatic rings. The summed E-state index contributed by atoms with van der Waals surface area (Å²) in [5.41, 5.74) is 5.65. The van der Waals surface area contributed by atoms with Gasteiger partial charge in [-0.3, -0.25) is 0 Å². The third-order valence-electron chi connectivity index (χ3n) is 1.76. The van der Waals surface area contributed by atoms with Gasteiger partial charge < -0.3 is 10.5 Å². The van der Waals surface area contributed by atoms with E-state index in [1.54, 1.807) is 11.6 Å². The molecule has 0 bridgehead atoms. The summed E-state index contributed by atoms with van der Waals surface area (Å²) in [6.07, 6.45) is 1.37. The second-order valence-corrected chi connectivity index (χ2v) is 2.66. The van der Waals surface area contributed by atoms with Crippen molar-refractivity contribution in [2.24, 2.45) is 5.73 Å². The van der Waals surface area contributed by atoms with E-state index < -0.39 is 12.0 Å². The Hall–Kier alpha value is -1.43. The first-order valence-corrected chi connectivity index (χ1v) is 4.50. The lowest BCUT2D eigenvalue weighted by Crippen LogP contribution is -2.27. The van der Waals surface area contributed by atoms with E-state index in [9.17, 15) is 4.79 Å². The van der Waals surface area contributed by atoms with E-state index in [4.69, 9.17) is 10.5 Å². The molecule has 0 aliphatic carbocycles. The van der Waals surface area contributed by atoms with Gasteiger partial charge in [0.05, 0.1) is 6.61 Å². The van der Waals surface area contributed by atoms with Crippen LogP contribution < -0.4 is 5.73 Å². The Morgan fingerprint density at radius 3 is 3.00 bits per heavy atom. The summed E-state index contributed by atoms with van der Waals surface area (Å²) in [5, 5.41) is 3.92. The number of rotatable bonds is 4. The first-order valence-electron chi connectivity index (χ1n) is 4.50. The summed E-state index contributed by atoms with van der Waals surface area (Å²) in [7, 11) is 0. The molecule has 14 heavy (non-hydrogen) atoms. The van der Waals surface area contributed by atoms with Gasteiger partial charge in [0.25, 0.3) is 0 Å². The number of hydrogen-bond donors (Lipinski definition) is 1. The number of carbonyl (C=O) groups excluding carboxylic acids is 1. The second kappa shape index (κ2) is 4.71. The van der Waals surface area contributed by atoms with Crippen LogP contribution in [0.3, 0.4) is 0 Å². The monoisotopic (exact) mass is 198 g/mol. The van der Waals surface area contributed by atoms with Gasteiger partial charge in [0.15, 0.2) is 11.9 Å². The van der Waals surface area contributed by atoms with Crippen LogP contribution in [-0.4, -0.2) is 27.3 Å². The first kappa shape index (κ1) is 10.6. The van der Waals surface area contributed by atoms with Gasteiger partial charge in [0.1, 0.15) is 6.33 Å². The van der Waals surface area contributed by atoms with E-state index in [0.29, 0.717) is 19.0 Å². The fraction of sp³-hybridized carbons (Fsp3) is 0.625. The summed E-state index contributed by atoms with van der Waals surface area (Å²) in [5.74, 6) is -0.0406. The minimum absolute atomic E-state index is 0.312. The Balaban J connectivity index is 2.77. The van der Waals surface area contributed by atoms with Crippen molar-refractivity contribution >= 4 is 5.97 Å². The third-order valence-corrected chi connectivity index (χ3v) is 1.76. The lowest BCUT2D eigenvalue weighted by atomic mass is 10.3. The number of hydrogen-bond acceptors (Lipinski definition) is 5. The normalized spacial score (nSPS) is 12.5. The molecule has 0 aliphatic heterocycles.